The van der Waals surface area contributed by atoms with Crippen molar-refractivity contribution in [2.75, 3.05) is 30.5 Å². The Balaban J connectivity index is 2.03. The van der Waals surface area contributed by atoms with Crippen LogP contribution < -0.4 is 15.4 Å². The minimum absolute atomic E-state index is 0.188. The molecule has 0 spiro atoms. The number of aromatic amines is 1. The maximum Gasteiger partial charge on any atom is 0.175 e. The first-order valence-electron chi connectivity index (χ1n) is 7.90. The second-order valence-corrected chi connectivity index (χ2v) is 8.13. The zero-order chi connectivity index (χ0) is 18.9. The summed E-state index contributed by atoms with van der Waals surface area (Å²) in [7, 11) is -1.83. The van der Waals surface area contributed by atoms with Gasteiger partial charge in [0.15, 0.2) is 9.84 Å². The van der Waals surface area contributed by atoms with Crippen LogP contribution in [-0.4, -0.2) is 38.3 Å². The van der Waals surface area contributed by atoms with Crippen molar-refractivity contribution in [1.82, 2.24) is 9.97 Å². The fraction of sp³-hybridized carbons (Fsp3) is 0.235. The highest BCUT2D eigenvalue weighted by Gasteiger charge is 2.14. The van der Waals surface area contributed by atoms with Gasteiger partial charge in [0.05, 0.1) is 33.8 Å². The van der Waals surface area contributed by atoms with Gasteiger partial charge in [-0.15, -0.1) is 0 Å². The van der Waals surface area contributed by atoms with Gasteiger partial charge in [-0.2, -0.15) is 0 Å². The molecule has 0 saturated carbocycles. The number of aromatic nitrogens is 2. The highest BCUT2D eigenvalue weighted by molar-refractivity contribution is 7.90. The predicted octanol–water partition coefficient (Wildman–Crippen LogP) is 3.80. The van der Waals surface area contributed by atoms with E-state index in [1.807, 2.05) is 13.0 Å². The molecule has 0 aliphatic carbocycles. The van der Waals surface area contributed by atoms with Gasteiger partial charge >= 0.3 is 0 Å². The lowest BCUT2D eigenvalue weighted by Gasteiger charge is -2.14. The lowest BCUT2D eigenvalue weighted by Crippen LogP contribution is -2.03. The summed E-state index contributed by atoms with van der Waals surface area (Å²) in [5, 5.41) is 7.84. The van der Waals surface area contributed by atoms with Crippen LogP contribution in [0, 0.1) is 0 Å². The molecule has 0 aliphatic heterocycles. The number of hydrogen-bond donors (Lipinski definition) is 3. The average Bonchev–Trinajstić information content (AvgIpc) is 2.96. The van der Waals surface area contributed by atoms with Gasteiger partial charge in [-0.3, -0.25) is 0 Å². The van der Waals surface area contributed by atoms with Crippen molar-refractivity contribution in [3.05, 3.63) is 35.5 Å². The zero-order valence-electron chi connectivity index (χ0n) is 14.6. The number of anilines is 3. The van der Waals surface area contributed by atoms with Gasteiger partial charge in [-0.25, -0.2) is 13.4 Å². The van der Waals surface area contributed by atoms with Gasteiger partial charge < -0.3 is 20.4 Å². The number of hydrogen-bond acceptors (Lipinski definition) is 6. The number of methoxy groups -OCH3 is 1. The quantitative estimate of drug-likeness (QED) is 0.588. The molecule has 3 N–H and O–H groups in total. The minimum Gasteiger partial charge on any atom is -0.495 e. The maximum absolute atomic E-state index is 11.7. The first-order valence-corrected chi connectivity index (χ1v) is 10.2. The summed E-state index contributed by atoms with van der Waals surface area (Å²) in [6.07, 6.45) is 2.84. The average molecular weight is 395 g/mol. The van der Waals surface area contributed by atoms with Crippen molar-refractivity contribution in [1.29, 1.82) is 0 Å². The van der Waals surface area contributed by atoms with E-state index in [4.69, 9.17) is 16.3 Å². The van der Waals surface area contributed by atoms with E-state index in [-0.39, 0.29) is 4.90 Å². The SMILES string of the molecule is CCNc1cc(Nc2ccc(S(C)(=O)=O)cc2OC)nc2[nH]cc(Cl)c12. The molecular formula is C17H19ClN4O3S. The summed E-state index contributed by atoms with van der Waals surface area (Å²) in [5.41, 5.74) is 2.09. The number of rotatable bonds is 6. The van der Waals surface area contributed by atoms with E-state index in [0.29, 0.717) is 27.9 Å². The number of sulfone groups is 1. The van der Waals surface area contributed by atoms with Crippen LogP contribution in [-0.2, 0) is 9.84 Å². The third-order valence-corrected chi connectivity index (χ3v) is 5.23. The van der Waals surface area contributed by atoms with E-state index < -0.39 is 9.84 Å². The molecule has 9 heteroatoms. The van der Waals surface area contributed by atoms with Crippen LogP contribution in [0.25, 0.3) is 11.0 Å². The molecule has 0 atom stereocenters. The standard InChI is InChI=1S/C17H19ClN4O3S/c1-4-19-13-8-15(22-17-16(13)11(18)9-20-17)21-12-6-5-10(26(3,23)24)7-14(12)25-2/h5-9H,4H2,1-3H3,(H3,19,20,21,22). The van der Waals surface area contributed by atoms with Gasteiger partial charge in [-0.1, -0.05) is 11.6 Å². The van der Waals surface area contributed by atoms with Crippen LogP contribution in [0.5, 0.6) is 5.75 Å². The van der Waals surface area contributed by atoms with Crippen LogP contribution in [0.4, 0.5) is 17.2 Å². The molecule has 3 rings (SSSR count). The molecule has 2 aromatic heterocycles. The summed E-state index contributed by atoms with van der Waals surface area (Å²) in [6, 6.07) is 6.49. The fourth-order valence-corrected chi connectivity index (χ4v) is 3.51. The Morgan fingerprint density at radius 3 is 2.69 bits per heavy atom. The van der Waals surface area contributed by atoms with Crippen molar-refractivity contribution < 1.29 is 13.2 Å². The lowest BCUT2D eigenvalue weighted by molar-refractivity contribution is 0.415. The fourth-order valence-electron chi connectivity index (χ4n) is 2.63. The molecule has 0 amide bonds. The Kier molecular flexibility index (Phi) is 4.97. The normalized spacial score (nSPS) is 11.5. The number of nitrogens with zero attached hydrogens (tertiary/aromatic N) is 1. The molecule has 2 heterocycles. The minimum atomic E-state index is -3.32. The summed E-state index contributed by atoms with van der Waals surface area (Å²) >= 11 is 6.23. The van der Waals surface area contributed by atoms with Gasteiger partial charge in [0.2, 0.25) is 0 Å². The second kappa shape index (κ2) is 7.05. The molecule has 26 heavy (non-hydrogen) atoms. The van der Waals surface area contributed by atoms with Crippen molar-refractivity contribution in [3.63, 3.8) is 0 Å². The Morgan fingerprint density at radius 2 is 2.04 bits per heavy atom. The number of nitrogens with one attached hydrogen (secondary N) is 3. The monoisotopic (exact) mass is 394 g/mol. The zero-order valence-corrected chi connectivity index (χ0v) is 16.1. The largest absolute Gasteiger partial charge is 0.495 e. The number of H-pyrrole nitrogens is 1. The highest BCUT2D eigenvalue weighted by Crippen LogP contribution is 2.34. The van der Waals surface area contributed by atoms with E-state index in [1.54, 1.807) is 12.3 Å². The summed E-state index contributed by atoms with van der Waals surface area (Å²) in [5.74, 6) is 0.974. The van der Waals surface area contributed by atoms with Gasteiger partial charge in [0, 0.05) is 31.1 Å². The Labute approximate surface area is 156 Å². The van der Waals surface area contributed by atoms with Gasteiger partial charge in [0.1, 0.15) is 17.2 Å². The van der Waals surface area contributed by atoms with Crippen molar-refractivity contribution in [2.24, 2.45) is 0 Å². The molecule has 0 unspecified atom stereocenters. The number of fused-ring (bicyclic) bond motifs is 1. The van der Waals surface area contributed by atoms with Crippen molar-refractivity contribution in [3.8, 4) is 5.75 Å². The second-order valence-electron chi connectivity index (χ2n) is 5.70. The first kappa shape index (κ1) is 18.3. The smallest absolute Gasteiger partial charge is 0.175 e. The van der Waals surface area contributed by atoms with E-state index in [9.17, 15) is 8.42 Å². The third kappa shape index (κ3) is 3.56. The molecule has 7 nitrogen and oxygen atoms in total. The Morgan fingerprint density at radius 1 is 1.27 bits per heavy atom. The summed E-state index contributed by atoms with van der Waals surface area (Å²) < 4.78 is 28.8. The van der Waals surface area contributed by atoms with E-state index in [1.165, 1.54) is 19.2 Å². The number of benzene rings is 1. The van der Waals surface area contributed by atoms with Crippen LogP contribution in [0.2, 0.25) is 5.02 Å². The van der Waals surface area contributed by atoms with Crippen LogP contribution in [0.3, 0.4) is 0 Å². The molecule has 0 saturated heterocycles. The molecule has 1 aromatic carbocycles. The highest BCUT2D eigenvalue weighted by atomic mass is 35.5. The Bertz CT molecular complexity index is 1060. The molecule has 0 radical (unpaired) electrons. The van der Waals surface area contributed by atoms with Crippen LogP contribution in [0.1, 0.15) is 6.92 Å². The van der Waals surface area contributed by atoms with E-state index >= 15 is 0 Å². The molecule has 0 aliphatic rings. The maximum atomic E-state index is 11.7. The number of pyridine rings is 1. The molecule has 3 aromatic rings. The molecular weight excluding hydrogens is 376 g/mol. The third-order valence-electron chi connectivity index (χ3n) is 3.83. The molecule has 0 bridgehead atoms. The van der Waals surface area contributed by atoms with Gasteiger partial charge in [0.25, 0.3) is 0 Å². The lowest BCUT2D eigenvalue weighted by atomic mass is 10.2. The van der Waals surface area contributed by atoms with Crippen molar-refractivity contribution in [2.45, 2.75) is 11.8 Å². The molecule has 138 valence electrons. The van der Waals surface area contributed by atoms with Crippen LogP contribution >= 0.6 is 11.6 Å². The number of halogens is 1. The predicted molar refractivity (Wildman–Crippen MR) is 105 cm³/mol. The van der Waals surface area contributed by atoms with Gasteiger partial charge in [-0.05, 0) is 19.1 Å². The Hall–Kier alpha value is -2.45. The van der Waals surface area contributed by atoms with E-state index in [0.717, 1.165) is 23.9 Å². The van der Waals surface area contributed by atoms with E-state index in [2.05, 4.69) is 20.6 Å². The van der Waals surface area contributed by atoms with Crippen molar-refractivity contribution >= 4 is 49.7 Å². The van der Waals surface area contributed by atoms with Crippen LogP contribution in [0.15, 0.2) is 35.4 Å². The summed E-state index contributed by atoms with van der Waals surface area (Å²) in [4.78, 5) is 7.74. The summed E-state index contributed by atoms with van der Waals surface area (Å²) in [6.45, 7) is 2.72. The first-order chi connectivity index (χ1) is 12.3. The topological polar surface area (TPSA) is 96.1 Å². The number of ether oxygens (including phenoxy) is 1. The molecule has 0 fully saturated rings.